The number of hydrogen-bond donors (Lipinski definition) is 3. The summed E-state index contributed by atoms with van der Waals surface area (Å²) in [5.41, 5.74) is -0.276. The van der Waals surface area contributed by atoms with E-state index in [2.05, 4.69) is 20.9 Å². The van der Waals surface area contributed by atoms with E-state index in [1.165, 1.54) is 18.3 Å². The largest absolute Gasteiger partial charge is 0.388 e. The highest BCUT2D eigenvalue weighted by atomic mass is 35.5. The maximum absolute atomic E-state index is 12.2. The minimum Gasteiger partial charge on any atom is -0.388 e. The first-order chi connectivity index (χ1) is 12.5. The Bertz CT molecular complexity index is 740. The second-order valence-electron chi connectivity index (χ2n) is 5.59. The molecule has 1 heterocycles. The normalized spacial score (nSPS) is 15.2. The van der Waals surface area contributed by atoms with Crippen molar-refractivity contribution in [1.29, 1.82) is 5.26 Å². The van der Waals surface area contributed by atoms with Gasteiger partial charge < -0.3 is 16.0 Å². The number of nitro groups is 1. The third kappa shape index (κ3) is 5.70. The van der Waals surface area contributed by atoms with E-state index in [-0.39, 0.29) is 22.0 Å². The Balaban J connectivity index is 1.92. The van der Waals surface area contributed by atoms with Crippen LogP contribution in [0.15, 0.2) is 30.0 Å². The number of nitriles is 1. The fraction of sp³-hybridized carbons (Fsp3) is 0.375. The first-order valence-corrected chi connectivity index (χ1v) is 8.41. The summed E-state index contributed by atoms with van der Waals surface area (Å²) in [5, 5.41) is 28.7. The number of hydrogen-bond acceptors (Lipinski definition) is 7. The molecule has 26 heavy (non-hydrogen) atoms. The molecule has 0 aromatic heterocycles. The minimum atomic E-state index is -0.690. The van der Waals surface area contributed by atoms with Crippen molar-refractivity contribution in [3.05, 3.63) is 45.1 Å². The maximum atomic E-state index is 12.2. The molecule has 138 valence electrons. The van der Waals surface area contributed by atoms with Crippen LogP contribution in [0.2, 0.25) is 5.02 Å². The number of nitrogens with zero attached hydrogens (tertiary/aromatic N) is 3. The molecule has 0 saturated carbocycles. The van der Waals surface area contributed by atoms with Gasteiger partial charge in [-0.1, -0.05) is 11.6 Å². The number of benzene rings is 1. The average molecular weight is 379 g/mol. The van der Waals surface area contributed by atoms with Crippen molar-refractivity contribution >= 4 is 28.9 Å². The number of carbonyl (C=O) groups excluding carboxylic acids is 1. The van der Waals surface area contributed by atoms with E-state index in [1.54, 1.807) is 6.07 Å². The van der Waals surface area contributed by atoms with Crippen LogP contribution in [0.25, 0.3) is 0 Å². The molecule has 1 aliphatic heterocycles. The van der Waals surface area contributed by atoms with Crippen molar-refractivity contribution in [3.63, 3.8) is 0 Å². The zero-order valence-electron chi connectivity index (χ0n) is 14.0. The summed E-state index contributed by atoms with van der Waals surface area (Å²) in [6.45, 7) is 5.22. The monoisotopic (exact) mass is 378 g/mol. The third-order valence-corrected chi connectivity index (χ3v) is 4.13. The van der Waals surface area contributed by atoms with Gasteiger partial charge in [0.05, 0.1) is 15.6 Å². The van der Waals surface area contributed by atoms with Gasteiger partial charge in [0.25, 0.3) is 11.6 Å². The van der Waals surface area contributed by atoms with E-state index in [9.17, 15) is 14.9 Å². The van der Waals surface area contributed by atoms with Crippen LogP contribution in [0.1, 0.15) is 0 Å². The summed E-state index contributed by atoms with van der Waals surface area (Å²) in [7, 11) is 0. The van der Waals surface area contributed by atoms with Gasteiger partial charge in [-0.05, 0) is 6.07 Å². The molecule has 1 fully saturated rings. The number of anilines is 1. The quantitative estimate of drug-likeness (QED) is 0.213. The van der Waals surface area contributed by atoms with Crippen LogP contribution in [0.3, 0.4) is 0 Å². The van der Waals surface area contributed by atoms with Gasteiger partial charge in [-0.25, -0.2) is 0 Å². The van der Waals surface area contributed by atoms with Crippen molar-refractivity contribution in [3.8, 4) is 6.07 Å². The maximum Gasteiger partial charge on any atom is 0.271 e. The number of piperazine rings is 1. The first-order valence-electron chi connectivity index (χ1n) is 8.03. The van der Waals surface area contributed by atoms with Gasteiger partial charge in [-0.3, -0.25) is 19.8 Å². The second-order valence-corrected chi connectivity index (χ2v) is 6.00. The van der Waals surface area contributed by atoms with Crippen molar-refractivity contribution in [2.75, 3.05) is 44.6 Å². The molecule has 0 aliphatic carbocycles. The molecule has 1 saturated heterocycles. The molecule has 10 heteroatoms. The molecule has 2 rings (SSSR count). The molecule has 1 aliphatic rings. The lowest BCUT2D eigenvalue weighted by Gasteiger charge is -2.26. The lowest BCUT2D eigenvalue weighted by Crippen LogP contribution is -2.45. The highest BCUT2D eigenvalue weighted by Gasteiger charge is 2.15. The fourth-order valence-corrected chi connectivity index (χ4v) is 2.56. The van der Waals surface area contributed by atoms with Crippen molar-refractivity contribution in [1.82, 2.24) is 15.5 Å². The van der Waals surface area contributed by atoms with Gasteiger partial charge in [-0.15, -0.1) is 0 Å². The van der Waals surface area contributed by atoms with E-state index >= 15 is 0 Å². The van der Waals surface area contributed by atoms with Crippen LogP contribution in [0.5, 0.6) is 0 Å². The van der Waals surface area contributed by atoms with E-state index in [0.717, 1.165) is 38.8 Å². The topological polar surface area (TPSA) is 123 Å². The predicted molar refractivity (Wildman–Crippen MR) is 97.7 cm³/mol. The molecule has 1 aromatic rings. The number of halogens is 1. The first kappa shape index (κ1) is 19.7. The number of amides is 1. The molecule has 0 atom stereocenters. The van der Waals surface area contributed by atoms with Gasteiger partial charge in [0, 0.05) is 57.6 Å². The van der Waals surface area contributed by atoms with Crippen LogP contribution < -0.4 is 16.0 Å². The summed E-state index contributed by atoms with van der Waals surface area (Å²) >= 11 is 5.94. The Morgan fingerprint density at radius 2 is 2.19 bits per heavy atom. The van der Waals surface area contributed by atoms with E-state index in [4.69, 9.17) is 16.9 Å². The minimum absolute atomic E-state index is 0.0767. The molecule has 0 bridgehead atoms. The molecular formula is C16H19ClN6O3. The zero-order chi connectivity index (χ0) is 18.9. The van der Waals surface area contributed by atoms with Gasteiger partial charge >= 0.3 is 0 Å². The van der Waals surface area contributed by atoms with Crippen LogP contribution in [0, 0.1) is 21.4 Å². The Kier molecular flexibility index (Phi) is 7.35. The van der Waals surface area contributed by atoms with Gasteiger partial charge in [0.15, 0.2) is 0 Å². The molecule has 1 amide bonds. The number of nitrogens with one attached hydrogen (secondary N) is 3. The van der Waals surface area contributed by atoms with E-state index < -0.39 is 10.8 Å². The van der Waals surface area contributed by atoms with Crippen LogP contribution >= 0.6 is 11.6 Å². The summed E-state index contributed by atoms with van der Waals surface area (Å²) in [6.07, 6.45) is 1.34. The standard InChI is InChI=1S/C16H19ClN6O3/c17-14-2-1-13(23(25)26)9-15(14)21-16(24)12(10-18)11-20-5-8-22-6-3-19-4-7-22/h1-2,9,11,19-20H,3-8H2,(H,21,24)/b12-11-. The fourth-order valence-electron chi connectivity index (χ4n) is 2.39. The lowest BCUT2D eigenvalue weighted by molar-refractivity contribution is -0.384. The SMILES string of the molecule is N#C/C(=C/NCCN1CCNCC1)C(=O)Nc1cc([N+](=O)[O-])ccc1Cl. The van der Waals surface area contributed by atoms with Crippen molar-refractivity contribution in [2.24, 2.45) is 0 Å². The predicted octanol–water partition coefficient (Wildman–Crippen LogP) is 1.09. The molecule has 0 unspecified atom stereocenters. The van der Waals surface area contributed by atoms with Gasteiger partial charge in [0.2, 0.25) is 0 Å². The van der Waals surface area contributed by atoms with Gasteiger partial charge in [0.1, 0.15) is 11.6 Å². The summed E-state index contributed by atoms with van der Waals surface area (Å²) in [4.78, 5) is 24.7. The summed E-state index contributed by atoms with van der Waals surface area (Å²) < 4.78 is 0. The van der Waals surface area contributed by atoms with Crippen molar-refractivity contribution < 1.29 is 9.72 Å². The Hall–Kier alpha value is -2.67. The molecule has 9 nitrogen and oxygen atoms in total. The summed E-state index contributed by atoms with van der Waals surface area (Å²) in [6, 6.07) is 5.50. The number of non-ortho nitro benzene ring substituents is 1. The van der Waals surface area contributed by atoms with Crippen LogP contribution in [0.4, 0.5) is 11.4 Å². The molecule has 0 spiro atoms. The molecule has 0 radical (unpaired) electrons. The van der Waals surface area contributed by atoms with E-state index in [1.807, 2.05) is 0 Å². The molecule has 3 N–H and O–H groups in total. The highest BCUT2D eigenvalue weighted by Crippen LogP contribution is 2.26. The highest BCUT2D eigenvalue weighted by molar-refractivity contribution is 6.34. The number of rotatable bonds is 7. The number of nitro benzene ring substituents is 1. The number of carbonyl (C=O) groups is 1. The van der Waals surface area contributed by atoms with Crippen LogP contribution in [-0.4, -0.2) is 55.0 Å². The average Bonchev–Trinajstić information content (AvgIpc) is 2.64. The lowest BCUT2D eigenvalue weighted by atomic mass is 10.2. The second kappa shape index (κ2) is 9.72. The van der Waals surface area contributed by atoms with E-state index in [0.29, 0.717) is 6.54 Å². The molecule has 1 aromatic carbocycles. The zero-order valence-corrected chi connectivity index (χ0v) is 14.8. The Morgan fingerprint density at radius 1 is 1.46 bits per heavy atom. The van der Waals surface area contributed by atoms with Crippen LogP contribution in [-0.2, 0) is 4.79 Å². The third-order valence-electron chi connectivity index (χ3n) is 3.80. The Morgan fingerprint density at radius 3 is 2.85 bits per heavy atom. The van der Waals surface area contributed by atoms with Crippen molar-refractivity contribution in [2.45, 2.75) is 0 Å². The van der Waals surface area contributed by atoms with Gasteiger partial charge in [-0.2, -0.15) is 5.26 Å². The summed E-state index contributed by atoms with van der Waals surface area (Å²) in [5.74, 6) is -0.690. The smallest absolute Gasteiger partial charge is 0.271 e. The Labute approximate surface area is 155 Å². The molecular weight excluding hydrogens is 360 g/mol.